The third-order valence-electron chi connectivity index (χ3n) is 3.11. The maximum absolute atomic E-state index is 12.4. The summed E-state index contributed by atoms with van der Waals surface area (Å²) in [7, 11) is 0. The van der Waals surface area contributed by atoms with Crippen molar-refractivity contribution in [2.75, 3.05) is 18.5 Å². The first-order valence-corrected chi connectivity index (χ1v) is 7.40. The minimum Gasteiger partial charge on any atom is -0.486 e. The molecular weight excluding hydrogens is 334 g/mol. The van der Waals surface area contributed by atoms with Crippen LogP contribution < -0.4 is 14.8 Å². The van der Waals surface area contributed by atoms with Crippen LogP contribution in [0.2, 0.25) is 0 Å². The molecule has 108 valence electrons. The number of hydrogen-bond acceptors (Lipinski definition) is 3. The van der Waals surface area contributed by atoms with Crippen molar-refractivity contribution in [3.63, 3.8) is 0 Å². The quantitative estimate of drug-likeness (QED) is 0.899. The molecule has 0 fully saturated rings. The number of fused-ring (bicyclic) bond motifs is 1. The van der Waals surface area contributed by atoms with Gasteiger partial charge in [0.15, 0.2) is 11.5 Å². The Morgan fingerprint density at radius 2 is 2.00 bits per heavy atom. The molecule has 0 atom stereocenters. The lowest BCUT2D eigenvalue weighted by atomic mass is 10.1. The number of carbonyl (C=O) groups is 1. The zero-order chi connectivity index (χ0) is 14.8. The topological polar surface area (TPSA) is 47.6 Å². The highest BCUT2D eigenvalue weighted by molar-refractivity contribution is 9.10. The number of aryl methyl sites for hydroxylation is 1. The lowest BCUT2D eigenvalue weighted by molar-refractivity contribution is 0.101. The number of para-hydroxylation sites is 1. The van der Waals surface area contributed by atoms with Crippen LogP contribution in [-0.4, -0.2) is 19.1 Å². The fraction of sp³-hybridized carbons (Fsp3) is 0.188. The van der Waals surface area contributed by atoms with Gasteiger partial charge in [0.2, 0.25) is 0 Å². The lowest BCUT2D eigenvalue weighted by Gasteiger charge is -2.20. The molecular formula is C16H14BrNO3. The normalized spacial score (nSPS) is 12.9. The van der Waals surface area contributed by atoms with Crippen LogP contribution in [0, 0.1) is 6.92 Å². The van der Waals surface area contributed by atoms with Gasteiger partial charge in [-0.15, -0.1) is 0 Å². The summed E-state index contributed by atoms with van der Waals surface area (Å²) < 4.78 is 12.0. The summed E-state index contributed by atoms with van der Waals surface area (Å²) in [4.78, 5) is 12.4. The largest absolute Gasteiger partial charge is 0.486 e. The molecule has 1 amide bonds. The molecule has 0 aliphatic carbocycles. The Bertz CT molecular complexity index is 680. The van der Waals surface area contributed by atoms with E-state index in [4.69, 9.17) is 9.47 Å². The van der Waals surface area contributed by atoms with Gasteiger partial charge in [-0.1, -0.05) is 22.0 Å². The third-order valence-corrected chi connectivity index (χ3v) is 3.57. The lowest BCUT2D eigenvalue weighted by Crippen LogP contribution is -2.20. The van der Waals surface area contributed by atoms with Crippen molar-refractivity contribution in [2.45, 2.75) is 6.92 Å². The van der Waals surface area contributed by atoms with Gasteiger partial charge in [-0.2, -0.15) is 0 Å². The second-order valence-electron chi connectivity index (χ2n) is 4.80. The van der Waals surface area contributed by atoms with Gasteiger partial charge in [0, 0.05) is 10.2 Å². The second kappa shape index (κ2) is 5.77. The van der Waals surface area contributed by atoms with Crippen LogP contribution >= 0.6 is 15.9 Å². The fourth-order valence-corrected chi connectivity index (χ4v) is 2.87. The molecule has 0 saturated heterocycles. The van der Waals surface area contributed by atoms with Crippen LogP contribution in [0.4, 0.5) is 5.69 Å². The molecule has 2 aromatic rings. The van der Waals surface area contributed by atoms with Crippen LogP contribution in [0.3, 0.4) is 0 Å². The second-order valence-corrected chi connectivity index (χ2v) is 5.72. The Balaban J connectivity index is 1.89. The Labute approximate surface area is 131 Å². The summed E-state index contributed by atoms with van der Waals surface area (Å²) in [6, 6.07) is 11.1. The summed E-state index contributed by atoms with van der Waals surface area (Å²) in [5.74, 6) is 0.905. The highest BCUT2D eigenvalue weighted by Crippen LogP contribution is 2.34. The number of amides is 1. The molecule has 0 aromatic heterocycles. The van der Waals surface area contributed by atoms with Gasteiger partial charge < -0.3 is 14.8 Å². The average Bonchev–Trinajstić information content (AvgIpc) is 2.45. The summed E-state index contributed by atoms with van der Waals surface area (Å²) in [6.45, 7) is 2.93. The monoisotopic (exact) mass is 347 g/mol. The van der Waals surface area contributed by atoms with Crippen LogP contribution in [0.25, 0.3) is 0 Å². The van der Waals surface area contributed by atoms with E-state index >= 15 is 0 Å². The first kappa shape index (κ1) is 13.9. The average molecular weight is 348 g/mol. The van der Waals surface area contributed by atoms with E-state index in [1.54, 1.807) is 18.2 Å². The number of anilines is 1. The van der Waals surface area contributed by atoms with E-state index in [2.05, 4.69) is 21.2 Å². The van der Waals surface area contributed by atoms with Gasteiger partial charge in [-0.25, -0.2) is 0 Å². The summed E-state index contributed by atoms with van der Waals surface area (Å²) >= 11 is 3.42. The molecule has 0 unspecified atom stereocenters. The minimum absolute atomic E-state index is 0.213. The van der Waals surface area contributed by atoms with Gasteiger partial charge in [0.25, 0.3) is 5.91 Å². The van der Waals surface area contributed by atoms with Gasteiger partial charge in [-0.3, -0.25) is 4.79 Å². The smallest absolute Gasteiger partial charge is 0.259 e. The van der Waals surface area contributed by atoms with E-state index < -0.39 is 0 Å². The van der Waals surface area contributed by atoms with Crippen molar-refractivity contribution in [1.82, 2.24) is 0 Å². The van der Waals surface area contributed by atoms with Crippen LogP contribution in [0.1, 0.15) is 15.9 Å². The third kappa shape index (κ3) is 3.03. The predicted molar refractivity (Wildman–Crippen MR) is 84.3 cm³/mol. The van der Waals surface area contributed by atoms with Crippen molar-refractivity contribution < 1.29 is 14.3 Å². The van der Waals surface area contributed by atoms with Gasteiger partial charge in [0.1, 0.15) is 13.2 Å². The molecule has 5 heteroatoms. The molecule has 1 aliphatic heterocycles. The Morgan fingerprint density at radius 1 is 1.19 bits per heavy atom. The van der Waals surface area contributed by atoms with Crippen molar-refractivity contribution in [2.24, 2.45) is 0 Å². The molecule has 1 aliphatic rings. The minimum atomic E-state index is -0.213. The first-order chi connectivity index (χ1) is 10.1. The Kier molecular flexibility index (Phi) is 3.84. The molecule has 0 spiro atoms. The van der Waals surface area contributed by atoms with E-state index in [1.807, 2.05) is 25.1 Å². The molecule has 21 heavy (non-hydrogen) atoms. The van der Waals surface area contributed by atoms with E-state index in [0.29, 0.717) is 30.3 Å². The van der Waals surface area contributed by atoms with Crippen LogP contribution in [-0.2, 0) is 0 Å². The molecule has 0 bridgehead atoms. The highest BCUT2D eigenvalue weighted by Gasteiger charge is 2.20. The van der Waals surface area contributed by atoms with Gasteiger partial charge >= 0.3 is 0 Å². The van der Waals surface area contributed by atoms with E-state index in [-0.39, 0.29) is 5.91 Å². The highest BCUT2D eigenvalue weighted by atomic mass is 79.9. The predicted octanol–water partition coefficient (Wildman–Crippen LogP) is 3.78. The van der Waals surface area contributed by atoms with Crippen molar-refractivity contribution in [3.8, 4) is 11.5 Å². The SMILES string of the molecule is Cc1cc(Br)cc(NC(=O)c2cccc3c2OCCO3)c1. The molecule has 1 N–H and O–H groups in total. The van der Waals surface area contributed by atoms with E-state index in [1.165, 1.54) is 0 Å². The van der Waals surface area contributed by atoms with Crippen molar-refractivity contribution >= 4 is 27.5 Å². The number of ether oxygens (including phenoxy) is 2. The van der Waals surface area contributed by atoms with Crippen molar-refractivity contribution in [3.05, 3.63) is 52.0 Å². The molecule has 0 saturated carbocycles. The van der Waals surface area contributed by atoms with Gasteiger partial charge in [-0.05, 0) is 42.8 Å². The van der Waals surface area contributed by atoms with Gasteiger partial charge in [0.05, 0.1) is 5.56 Å². The number of halogens is 1. The zero-order valence-corrected chi connectivity index (χ0v) is 13.1. The number of benzene rings is 2. The standard InChI is InChI=1S/C16H14BrNO3/c1-10-7-11(17)9-12(8-10)18-16(19)13-3-2-4-14-15(13)21-6-5-20-14/h2-4,7-9H,5-6H2,1H3,(H,18,19). The van der Waals surface area contributed by atoms with Crippen LogP contribution in [0.15, 0.2) is 40.9 Å². The fourth-order valence-electron chi connectivity index (χ4n) is 2.26. The molecule has 1 heterocycles. The van der Waals surface area contributed by atoms with E-state index in [0.717, 1.165) is 15.7 Å². The number of hydrogen-bond donors (Lipinski definition) is 1. The maximum atomic E-state index is 12.4. The first-order valence-electron chi connectivity index (χ1n) is 6.60. The zero-order valence-electron chi connectivity index (χ0n) is 11.5. The summed E-state index contributed by atoms with van der Waals surface area (Å²) in [5.41, 5.74) is 2.28. The number of nitrogens with one attached hydrogen (secondary N) is 1. The maximum Gasteiger partial charge on any atom is 0.259 e. The molecule has 4 nitrogen and oxygen atoms in total. The van der Waals surface area contributed by atoms with Crippen molar-refractivity contribution in [1.29, 1.82) is 0 Å². The van der Waals surface area contributed by atoms with E-state index in [9.17, 15) is 4.79 Å². The number of rotatable bonds is 2. The summed E-state index contributed by atoms with van der Waals surface area (Å²) in [6.07, 6.45) is 0. The molecule has 3 rings (SSSR count). The Morgan fingerprint density at radius 3 is 2.81 bits per heavy atom. The Hall–Kier alpha value is -2.01. The molecule has 2 aromatic carbocycles. The number of carbonyl (C=O) groups excluding carboxylic acids is 1. The van der Waals surface area contributed by atoms with Crippen LogP contribution in [0.5, 0.6) is 11.5 Å². The summed E-state index contributed by atoms with van der Waals surface area (Å²) in [5, 5.41) is 2.89. The molecule has 0 radical (unpaired) electrons.